The lowest BCUT2D eigenvalue weighted by atomic mass is 9.90. The zero-order chi connectivity index (χ0) is 15.4. The number of rotatable bonds is 7. The van der Waals surface area contributed by atoms with Crippen molar-refractivity contribution in [1.29, 1.82) is 0 Å². The first-order valence-corrected chi connectivity index (χ1v) is 8.55. The lowest BCUT2D eigenvalue weighted by Gasteiger charge is -2.45. The van der Waals surface area contributed by atoms with E-state index < -0.39 is 0 Å². The van der Waals surface area contributed by atoms with Crippen LogP contribution in [0.3, 0.4) is 0 Å². The van der Waals surface area contributed by atoms with E-state index in [0.29, 0.717) is 36.5 Å². The minimum Gasteiger partial charge on any atom is -0.381 e. The smallest absolute Gasteiger partial charge is 0.0628 e. The SMILES string of the molecule is COC1CC(OC2C[C@@H](C)N(CCOC(C)C)[C@@H](C)C2)C1. The minimum absolute atomic E-state index is 0.323. The van der Waals surface area contributed by atoms with Crippen molar-refractivity contribution in [3.8, 4) is 0 Å². The molecule has 0 radical (unpaired) electrons. The molecule has 1 saturated carbocycles. The van der Waals surface area contributed by atoms with Crippen LogP contribution in [0.1, 0.15) is 53.4 Å². The van der Waals surface area contributed by atoms with Gasteiger partial charge in [-0.05, 0) is 53.4 Å². The van der Waals surface area contributed by atoms with Gasteiger partial charge in [-0.2, -0.15) is 0 Å². The molecule has 0 aromatic carbocycles. The fourth-order valence-electron chi connectivity index (χ4n) is 3.60. The highest BCUT2D eigenvalue weighted by Gasteiger charge is 2.36. The molecule has 0 aromatic rings. The van der Waals surface area contributed by atoms with Gasteiger partial charge in [0.15, 0.2) is 0 Å². The molecule has 0 spiro atoms. The van der Waals surface area contributed by atoms with Crippen LogP contribution in [-0.2, 0) is 14.2 Å². The predicted octanol–water partition coefficient (Wildman–Crippen LogP) is 2.85. The fraction of sp³-hybridized carbons (Fsp3) is 1.00. The zero-order valence-electron chi connectivity index (χ0n) is 14.4. The van der Waals surface area contributed by atoms with Crippen LogP contribution < -0.4 is 0 Å². The third kappa shape index (κ3) is 4.92. The summed E-state index contributed by atoms with van der Waals surface area (Å²) in [6.45, 7) is 10.7. The number of likely N-dealkylation sites (tertiary alicyclic amines) is 1. The van der Waals surface area contributed by atoms with Crippen LogP contribution in [0, 0.1) is 0 Å². The predicted molar refractivity (Wildman–Crippen MR) is 84.6 cm³/mol. The number of methoxy groups -OCH3 is 1. The molecule has 21 heavy (non-hydrogen) atoms. The highest BCUT2D eigenvalue weighted by molar-refractivity contribution is 4.88. The van der Waals surface area contributed by atoms with E-state index in [0.717, 1.165) is 38.8 Å². The third-order valence-electron chi connectivity index (χ3n) is 4.91. The normalized spacial score (nSPS) is 37.7. The van der Waals surface area contributed by atoms with Crippen LogP contribution in [0.25, 0.3) is 0 Å². The number of ether oxygens (including phenoxy) is 3. The van der Waals surface area contributed by atoms with E-state index in [4.69, 9.17) is 14.2 Å². The van der Waals surface area contributed by atoms with E-state index in [1.165, 1.54) is 0 Å². The fourth-order valence-corrected chi connectivity index (χ4v) is 3.60. The summed E-state index contributed by atoms with van der Waals surface area (Å²) in [6, 6.07) is 1.15. The van der Waals surface area contributed by atoms with Gasteiger partial charge in [0.25, 0.3) is 0 Å². The number of piperidine rings is 1. The maximum Gasteiger partial charge on any atom is 0.0628 e. The summed E-state index contributed by atoms with van der Waals surface area (Å²) < 4.78 is 17.3. The number of nitrogens with zero attached hydrogens (tertiary/aromatic N) is 1. The Morgan fingerprint density at radius 2 is 1.52 bits per heavy atom. The third-order valence-corrected chi connectivity index (χ3v) is 4.91. The van der Waals surface area contributed by atoms with Crippen molar-refractivity contribution in [1.82, 2.24) is 4.90 Å². The molecule has 1 unspecified atom stereocenters. The average molecular weight is 299 g/mol. The molecule has 3 atom stereocenters. The number of hydrogen-bond acceptors (Lipinski definition) is 4. The quantitative estimate of drug-likeness (QED) is 0.723. The lowest BCUT2D eigenvalue weighted by molar-refractivity contribution is -0.138. The molecule has 0 N–H and O–H groups in total. The van der Waals surface area contributed by atoms with Crippen molar-refractivity contribution >= 4 is 0 Å². The summed E-state index contributed by atoms with van der Waals surface area (Å²) in [6.07, 6.45) is 6.02. The monoisotopic (exact) mass is 299 g/mol. The standard InChI is InChI=1S/C17H33NO3/c1-12(2)20-7-6-18-13(3)8-16(9-14(18)4)21-17-10-15(11-17)19-5/h12-17H,6-11H2,1-5H3/t13-,14+,15?,16?,17?. The van der Waals surface area contributed by atoms with E-state index >= 15 is 0 Å². The molecule has 0 aromatic heterocycles. The molecule has 0 bridgehead atoms. The Morgan fingerprint density at radius 1 is 0.952 bits per heavy atom. The average Bonchev–Trinajstić information content (AvgIpc) is 2.36. The summed E-state index contributed by atoms with van der Waals surface area (Å²) in [5.74, 6) is 0. The van der Waals surface area contributed by atoms with Crippen molar-refractivity contribution < 1.29 is 14.2 Å². The van der Waals surface area contributed by atoms with Crippen molar-refractivity contribution in [2.24, 2.45) is 0 Å². The van der Waals surface area contributed by atoms with Gasteiger partial charge < -0.3 is 14.2 Å². The summed E-state index contributed by atoms with van der Waals surface area (Å²) in [7, 11) is 1.79. The van der Waals surface area contributed by atoms with Crippen LogP contribution in [0.15, 0.2) is 0 Å². The van der Waals surface area contributed by atoms with E-state index in [1.54, 1.807) is 7.11 Å². The van der Waals surface area contributed by atoms with Gasteiger partial charge in [-0.3, -0.25) is 4.90 Å². The molecule has 1 aliphatic heterocycles. The largest absolute Gasteiger partial charge is 0.381 e. The van der Waals surface area contributed by atoms with Crippen molar-refractivity contribution in [2.45, 2.75) is 89.9 Å². The molecule has 1 heterocycles. The Balaban J connectivity index is 1.71. The summed E-state index contributed by atoms with van der Waals surface area (Å²) in [5.41, 5.74) is 0. The topological polar surface area (TPSA) is 30.9 Å². The Hall–Kier alpha value is -0.160. The van der Waals surface area contributed by atoms with Gasteiger partial charge in [-0.25, -0.2) is 0 Å². The van der Waals surface area contributed by atoms with Crippen LogP contribution >= 0.6 is 0 Å². The van der Waals surface area contributed by atoms with Crippen molar-refractivity contribution in [2.75, 3.05) is 20.3 Å². The summed E-state index contributed by atoms with van der Waals surface area (Å²) in [5, 5.41) is 0. The molecule has 0 amide bonds. The molecule has 4 heteroatoms. The molecule has 1 saturated heterocycles. The summed E-state index contributed by atoms with van der Waals surface area (Å²) in [4.78, 5) is 2.57. The van der Waals surface area contributed by atoms with Gasteiger partial charge in [0.05, 0.1) is 31.0 Å². The minimum atomic E-state index is 0.323. The summed E-state index contributed by atoms with van der Waals surface area (Å²) >= 11 is 0. The maximum atomic E-state index is 6.25. The Bertz CT molecular complexity index is 292. The number of hydrogen-bond donors (Lipinski definition) is 0. The van der Waals surface area contributed by atoms with Gasteiger partial charge >= 0.3 is 0 Å². The van der Waals surface area contributed by atoms with Crippen LogP contribution in [-0.4, -0.2) is 61.7 Å². The van der Waals surface area contributed by atoms with E-state index in [1.807, 2.05) is 0 Å². The molecule has 124 valence electrons. The first-order chi connectivity index (χ1) is 9.99. The van der Waals surface area contributed by atoms with E-state index in [-0.39, 0.29) is 0 Å². The molecule has 2 aliphatic rings. The highest BCUT2D eigenvalue weighted by Crippen LogP contribution is 2.32. The molecule has 2 fully saturated rings. The van der Waals surface area contributed by atoms with Crippen molar-refractivity contribution in [3.05, 3.63) is 0 Å². The van der Waals surface area contributed by atoms with Gasteiger partial charge in [-0.1, -0.05) is 0 Å². The molecular weight excluding hydrogens is 266 g/mol. The molecule has 4 nitrogen and oxygen atoms in total. The van der Waals surface area contributed by atoms with Crippen LogP contribution in [0.5, 0.6) is 0 Å². The van der Waals surface area contributed by atoms with Crippen LogP contribution in [0.2, 0.25) is 0 Å². The van der Waals surface area contributed by atoms with E-state index in [9.17, 15) is 0 Å². The van der Waals surface area contributed by atoms with Gasteiger partial charge in [-0.15, -0.1) is 0 Å². The zero-order valence-corrected chi connectivity index (χ0v) is 14.4. The van der Waals surface area contributed by atoms with Crippen molar-refractivity contribution in [3.63, 3.8) is 0 Å². The Morgan fingerprint density at radius 3 is 2.05 bits per heavy atom. The first-order valence-electron chi connectivity index (χ1n) is 8.55. The highest BCUT2D eigenvalue weighted by atomic mass is 16.5. The second kappa shape index (κ2) is 7.91. The second-order valence-corrected chi connectivity index (χ2v) is 7.04. The van der Waals surface area contributed by atoms with E-state index in [2.05, 4.69) is 32.6 Å². The first kappa shape index (κ1) is 17.2. The molecule has 1 aliphatic carbocycles. The second-order valence-electron chi connectivity index (χ2n) is 7.04. The molecule has 2 rings (SSSR count). The molecular formula is C17H33NO3. The van der Waals surface area contributed by atoms with Gasteiger partial charge in [0, 0.05) is 25.7 Å². The van der Waals surface area contributed by atoms with Gasteiger partial charge in [0.2, 0.25) is 0 Å². The van der Waals surface area contributed by atoms with Crippen LogP contribution in [0.4, 0.5) is 0 Å². The lowest BCUT2D eigenvalue weighted by Crippen LogP contribution is -2.51. The Kier molecular flexibility index (Phi) is 6.48. The Labute approximate surface area is 130 Å². The van der Waals surface area contributed by atoms with Gasteiger partial charge in [0.1, 0.15) is 0 Å². The maximum absolute atomic E-state index is 6.25.